The van der Waals surface area contributed by atoms with Gasteiger partial charge < -0.3 is 14.9 Å². The van der Waals surface area contributed by atoms with Gasteiger partial charge in [-0.25, -0.2) is 4.98 Å². The molecule has 2 N–H and O–H groups in total. The molecule has 0 bridgehead atoms. The van der Waals surface area contributed by atoms with Crippen molar-refractivity contribution in [1.29, 1.82) is 0 Å². The fraction of sp³-hybridized carbons (Fsp3) is 0.600. The Labute approximate surface area is 165 Å². The van der Waals surface area contributed by atoms with Crippen LogP contribution < -0.4 is 0 Å². The first-order valence-electron chi connectivity index (χ1n) is 10.1. The first-order chi connectivity index (χ1) is 13.8. The SMILES string of the molecule is OCCOCCN1CCN(C2CCCc3nn(-c4ccccn4)c(O)c32)CC1. The zero-order chi connectivity index (χ0) is 19.3. The number of aromatic nitrogens is 3. The molecule has 2 aromatic heterocycles. The zero-order valence-electron chi connectivity index (χ0n) is 16.2. The summed E-state index contributed by atoms with van der Waals surface area (Å²) in [6.07, 6.45) is 4.76. The Hall–Kier alpha value is -2.00. The summed E-state index contributed by atoms with van der Waals surface area (Å²) < 4.78 is 6.96. The second kappa shape index (κ2) is 9.00. The maximum absolute atomic E-state index is 10.9. The van der Waals surface area contributed by atoms with E-state index in [2.05, 4.69) is 19.9 Å². The minimum absolute atomic E-state index is 0.0769. The molecule has 28 heavy (non-hydrogen) atoms. The van der Waals surface area contributed by atoms with Gasteiger partial charge in [-0.05, 0) is 31.4 Å². The van der Waals surface area contributed by atoms with Gasteiger partial charge in [0.1, 0.15) is 0 Å². The van der Waals surface area contributed by atoms with Crippen LogP contribution in [0.2, 0.25) is 0 Å². The van der Waals surface area contributed by atoms with Crippen molar-refractivity contribution in [1.82, 2.24) is 24.6 Å². The number of aliphatic hydroxyl groups is 1. The molecule has 0 aromatic carbocycles. The van der Waals surface area contributed by atoms with Gasteiger partial charge in [-0.1, -0.05) is 6.07 Å². The Bertz CT molecular complexity index is 759. The number of rotatable bonds is 7. The molecule has 1 unspecified atom stereocenters. The lowest BCUT2D eigenvalue weighted by molar-refractivity contribution is 0.0455. The average molecular weight is 387 g/mol. The number of piperazine rings is 1. The number of ether oxygens (including phenoxy) is 1. The molecule has 8 heteroatoms. The van der Waals surface area contributed by atoms with Gasteiger partial charge in [0, 0.05) is 45.0 Å². The van der Waals surface area contributed by atoms with E-state index in [-0.39, 0.29) is 18.5 Å². The number of nitrogens with zero attached hydrogens (tertiary/aromatic N) is 5. The second-order valence-corrected chi connectivity index (χ2v) is 7.41. The monoisotopic (exact) mass is 387 g/mol. The first kappa shape index (κ1) is 19.3. The molecule has 152 valence electrons. The Kier molecular flexibility index (Phi) is 6.21. The quantitative estimate of drug-likeness (QED) is 0.685. The lowest BCUT2D eigenvalue weighted by Gasteiger charge is -2.40. The van der Waals surface area contributed by atoms with Gasteiger partial charge >= 0.3 is 0 Å². The topological polar surface area (TPSA) is 86.9 Å². The van der Waals surface area contributed by atoms with E-state index in [0.717, 1.165) is 63.2 Å². The summed E-state index contributed by atoms with van der Waals surface area (Å²) in [6.45, 7) is 5.96. The highest BCUT2D eigenvalue weighted by Gasteiger charge is 2.34. The number of hydrogen-bond donors (Lipinski definition) is 2. The summed E-state index contributed by atoms with van der Waals surface area (Å²) in [5, 5.41) is 24.4. The van der Waals surface area contributed by atoms with Crippen molar-refractivity contribution in [2.75, 3.05) is 52.5 Å². The third kappa shape index (κ3) is 4.05. The van der Waals surface area contributed by atoms with Crippen molar-refractivity contribution >= 4 is 0 Å². The average Bonchev–Trinajstić information content (AvgIpc) is 3.09. The highest BCUT2D eigenvalue weighted by atomic mass is 16.5. The van der Waals surface area contributed by atoms with Gasteiger partial charge in [0.15, 0.2) is 5.82 Å². The molecule has 4 rings (SSSR count). The molecule has 2 aromatic rings. The van der Waals surface area contributed by atoms with Crippen molar-refractivity contribution in [2.24, 2.45) is 0 Å². The standard InChI is InChI=1S/C20H29N5O3/c26-13-15-28-14-12-23-8-10-24(11-9-23)17-5-3-4-16-19(17)20(27)25(22-16)18-6-1-2-7-21-18/h1-2,6-7,17,26-27H,3-5,8-15H2. The van der Waals surface area contributed by atoms with E-state index < -0.39 is 0 Å². The third-order valence-corrected chi connectivity index (χ3v) is 5.70. The van der Waals surface area contributed by atoms with Gasteiger partial charge in [-0.2, -0.15) is 9.78 Å². The van der Waals surface area contributed by atoms with Crippen LogP contribution in [0.15, 0.2) is 24.4 Å². The van der Waals surface area contributed by atoms with Crippen LogP contribution in [-0.2, 0) is 11.2 Å². The van der Waals surface area contributed by atoms with Crippen molar-refractivity contribution in [3.05, 3.63) is 35.7 Å². The third-order valence-electron chi connectivity index (χ3n) is 5.70. The van der Waals surface area contributed by atoms with Crippen molar-refractivity contribution in [3.8, 4) is 11.7 Å². The van der Waals surface area contributed by atoms with E-state index in [9.17, 15) is 5.11 Å². The summed E-state index contributed by atoms with van der Waals surface area (Å²) in [5.41, 5.74) is 1.98. The Morgan fingerprint density at radius 3 is 2.75 bits per heavy atom. The maximum atomic E-state index is 10.9. The number of aryl methyl sites for hydroxylation is 1. The lowest BCUT2D eigenvalue weighted by Crippen LogP contribution is -2.48. The minimum Gasteiger partial charge on any atom is -0.493 e. The van der Waals surface area contributed by atoms with Gasteiger partial charge in [-0.15, -0.1) is 0 Å². The zero-order valence-corrected chi connectivity index (χ0v) is 16.2. The van der Waals surface area contributed by atoms with E-state index in [1.54, 1.807) is 10.9 Å². The number of fused-ring (bicyclic) bond motifs is 1. The second-order valence-electron chi connectivity index (χ2n) is 7.41. The van der Waals surface area contributed by atoms with Crippen LogP contribution in [0.5, 0.6) is 5.88 Å². The van der Waals surface area contributed by atoms with E-state index in [1.807, 2.05) is 18.2 Å². The summed E-state index contributed by atoms with van der Waals surface area (Å²) >= 11 is 0. The first-order valence-corrected chi connectivity index (χ1v) is 10.1. The highest BCUT2D eigenvalue weighted by molar-refractivity contribution is 5.40. The number of aromatic hydroxyl groups is 1. The predicted octanol–water partition coefficient (Wildman–Crippen LogP) is 0.977. The van der Waals surface area contributed by atoms with Crippen LogP contribution in [0.25, 0.3) is 5.82 Å². The van der Waals surface area contributed by atoms with E-state index in [0.29, 0.717) is 19.0 Å². The van der Waals surface area contributed by atoms with Crippen molar-refractivity contribution in [2.45, 2.75) is 25.3 Å². The molecule has 1 fully saturated rings. The van der Waals surface area contributed by atoms with Crippen LogP contribution in [0.4, 0.5) is 0 Å². The van der Waals surface area contributed by atoms with E-state index in [1.165, 1.54) is 0 Å². The molecule has 0 spiro atoms. The largest absolute Gasteiger partial charge is 0.493 e. The highest BCUT2D eigenvalue weighted by Crippen LogP contribution is 2.40. The molecular formula is C20H29N5O3. The van der Waals surface area contributed by atoms with Crippen LogP contribution >= 0.6 is 0 Å². The summed E-state index contributed by atoms with van der Waals surface area (Å²) in [5.74, 6) is 0.888. The van der Waals surface area contributed by atoms with Crippen molar-refractivity contribution < 1.29 is 14.9 Å². The predicted molar refractivity (Wildman–Crippen MR) is 105 cm³/mol. The molecule has 0 amide bonds. The molecule has 1 saturated heterocycles. The van der Waals surface area contributed by atoms with Crippen LogP contribution in [0, 0.1) is 0 Å². The number of aliphatic hydroxyl groups excluding tert-OH is 1. The molecule has 0 saturated carbocycles. The molecule has 8 nitrogen and oxygen atoms in total. The molecule has 1 aliphatic carbocycles. The van der Waals surface area contributed by atoms with Gasteiger partial charge in [0.25, 0.3) is 0 Å². The Balaban J connectivity index is 1.43. The molecule has 1 aliphatic heterocycles. The molecular weight excluding hydrogens is 358 g/mol. The van der Waals surface area contributed by atoms with Crippen LogP contribution in [0.3, 0.4) is 0 Å². The molecule has 3 heterocycles. The molecule has 1 atom stereocenters. The normalized spacial score (nSPS) is 21.0. The van der Waals surface area contributed by atoms with Gasteiger partial charge in [0.05, 0.1) is 31.1 Å². The van der Waals surface area contributed by atoms with Crippen LogP contribution in [-0.4, -0.2) is 87.3 Å². The van der Waals surface area contributed by atoms with Gasteiger partial charge in [0.2, 0.25) is 5.88 Å². The summed E-state index contributed by atoms with van der Waals surface area (Å²) in [7, 11) is 0. The summed E-state index contributed by atoms with van der Waals surface area (Å²) in [6, 6.07) is 5.85. The maximum Gasteiger partial charge on any atom is 0.220 e. The van der Waals surface area contributed by atoms with Gasteiger partial charge in [-0.3, -0.25) is 9.80 Å². The number of hydrogen-bond acceptors (Lipinski definition) is 7. The lowest BCUT2D eigenvalue weighted by atomic mass is 9.91. The molecule has 2 aliphatic rings. The minimum atomic E-state index is 0.0769. The number of pyridine rings is 1. The fourth-order valence-corrected chi connectivity index (χ4v) is 4.26. The smallest absolute Gasteiger partial charge is 0.220 e. The fourth-order valence-electron chi connectivity index (χ4n) is 4.26. The molecule has 0 radical (unpaired) electrons. The summed E-state index contributed by atoms with van der Waals surface area (Å²) in [4.78, 5) is 9.21. The Morgan fingerprint density at radius 1 is 1.14 bits per heavy atom. The van der Waals surface area contributed by atoms with Crippen molar-refractivity contribution in [3.63, 3.8) is 0 Å². The van der Waals surface area contributed by atoms with E-state index >= 15 is 0 Å². The van der Waals surface area contributed by atoms with E-state index in [4.69, 9.17) is 9.84 Å². The van der Waals surface area contributed by atoms with Crippen LogP contribution in [0.1, 0.15) is 30.1 Å². The Morgan fingerprint density at radius 2 is 2.00 bits per heavy atom.